The maximum atomic E-state index is 12.9. The molecule has 2 aromatic carbocycles. The van der Waals surface area contributed by atoms with E-state index in [1.807, 2.05) is 36.7 Å². The van der Waals surface area contributed by atoms with Gasteiger partial charge in [-0.1, -0.05) is 35.3 Å². The quantitative estimate of drug-likeness (QED) is 0.382. The van der Waals surface area contributed by atoms with Crippen LogP contribution in [0.5, 0.6) is 0 Å². The summed E-state index contributed by atoms with van der Waals surface area (Å²) in [6.45, 7) is 0. The van der Waals surface area contributed by atoms with Crippen molar-refractivity contribution in [3.8, 4) is 10.7 Å². The molecule has 5 rings (SSSR count). The van der Waals surface area contributed by atoms with E-state index in [4.69, 9.17) is 23.2 Å². The number of fused-ring (bicyclic) bond motifs is 3. The molecule has 0 fully saturated rings. The van der Waals surface area contributed by atoms with Gasteiger partial charge in [0.25, 0.3) is 5.56 Å². The number of nitrogens with zero attached hydrogens (tertiary/aromatic N) is 3. The normalized spacial score (nSPS) is 11.4. The molecule has 0 unspecified atom stereocenters. The zero-order chi connectivity index (χ0) is 20.1. The van der Waals surface area contributed by atoms with Gasteiger partial charge >= 0.3 is 0 Å². The number of hydrogen-bond donors (Lipinski definition) is 2. The molecule has 2 N–H and O–H groups in total. The Bertz CT molecular complexity index is 1420. The van der Waals surface area contributed by atoms with Crippen molar-refractivity contribution in [1.82, 2.24) is 19.5 Å². The fourth-order valence-electron chi connectivity index (χ4n) is 3.30. The minimum Gasteiger partial charge on any atom is -0.323 e. The molecular formula is C20H13Cl2N5OS. The maximum Gasteiger partial charge on any atom is 0.261 e. The number of aryl methyl sites for hydroxylation is 1. The summed E-state index contributed by atoms with van der Waals surface area (Å²) in [5.41, 5.74) is 2.30. The molecule has 0 aliphatic carbocycles. The van der Waals surface area contributed by atoms with Crippen LogP contribution in [0.25, 0.3) is 32.6 Å². The highest BCUT2D eigenvalue weighted by Gasteiger charge is 2.17. The van der Waals surface area contributed by atoms with Crippen molar-refractivity contribution in [3.05, 3.63) is 68.2 Å². The van der Waals surface area contributed by atoms with Gasteiger partial charge < -0.3 is 14.9 Å². The van der Waals surface area contributed by atoms with Crippen LogP contribution in [-0.4, -0.2) is 19.5 Å². The third kappa shape index (κ3) is 2.98. The molecule has 0 amide bonds. The number of benzene rings is 2. The Morgan fingerprint density at radius 2 is 1.79 bits per heavy atom. The first-order chi connectivity index (χ1) is 14.0. The van der Waals surface area contributed by atoms with E-state index in [0.717, 1.165) is 4.88 Å². The molecule has 0 saturated heterocycles. The van der Waals surface area contributed by atoms with E-state index in [0.29, 0.717) is 49.4 Å². The summed E-state index contributed by atoms with van der Waals surface area (Å²) in [4.78, 5) is 26.0. The smallest absolute Gasteiger partial charge is 0.261 e. The zero-order valence-corrected chi connectivity index (χ0v) is 17.4. The number of hydrogen-bond acceptors (Lipinski definition) is 5. The molecule has 0 aliphatic heterocycles. The number of nitrogens with one attached hydrogen (secondary N) is 2. The van der Waals surface area contributed by atoms with E-state index in [1.165, 1.54) is 11.3 Å². The Morgan fingerprint density at radius 1 is 1.03 bits per heavy atom. The predicted octanol–water partition coefficient (Wildman–Crippen LogP) is 5.59. The summed E-state index contributed by atoms with van der Waals surface area (Å²) in [6, 6.07) is 12.8. The van der Waals surface area contributed by atoms with Crippen LogP contribution in [0.15, 0.2) is 52.6 Å². The molecule has 0 atom stereocenters. The molecule has 6 nitrogen and oxygen atoms in total. The van der Waals surface area contributed by atoms with Crippen molar-refractivity contribution < 1.29 is 0 Å². The second-order valence-corrected chi connectivity index (χ2v) is 8.20. The molecule has 0 bridgehead atoms. The molecule has 0 spiro atoms. The molecule has 0 aliphatic rings. The average Bonchev–Trinajstić information content (AvgIpc) is 3.33. The second kappa shape index (κ2) is 6.88. The number of rotatable bonds is 3. The van der Waals surface area contributed by atoms with Gasteiger partial charge in [-0.25, -0.2) is 9.97 Å². The molecule has 9 heteroatoms. The van der Waals surface area contributed by atoms with Crippen LogP contribution in [-0.2, 0) is 7.05 Å². The second-order valence-electron chi connectivity index (χ2n) is 6.44. The third-order valence-electron chi connectivity index (χ3n) is 4.66. The van der Waals surface area contributed by atoms with Crippen molar-refractivity contribution in [1.29, 1.82) is 0 Å². The van der Waals surface area contributed by atoms with Crippen LogP contribution in [0.3, 0.4) is 0 Å². The Labute approximate surface area is 178 Å². The van der Waals surface area contributed by atoms with Crippen LogP contribution in [0.2, 0.25) is 10.0 Å². The number of anilines is 2. The van der Waals surface area contributed by atoms with Crippen molar-refractivity contribution >= 4 is 68.1 Å². The van der Waals surface area contributed by atoms with Gasteiger partial charge in [0.15, 0.2) is 5.82 Å². The summed E-state index contributed by atoms with van der Waals surface area (Å²) in [7, 11) is 1.83. The summed E-state index contributed by atoms with van der Waals surface area (Å²) < 4.78 is 1.80. The molecule has 144 valence electrons. The van der Waals surface area contributed by atoms with E-state index >= 15 is 0 Å². The number of H-pyrrole nitrogens is 1. The van der Waals surface area contributed by atoms with Gasteiger partial charge in [-0.3, -0.25) is 4.79 Å². The summed E-state index contributed by atoms with van der Waals surface area (Å²) in [5, 5.41) is 6.56. The van der Waals surface area contributed by atoms with Crippen LogP contribution >= 0.6 is 34.5 Å². The van der Waals surface area contributed by atoms with E-state index in [9.17, 15) is 4.79 Å². The lowest BCUT2D eigenvalue weighted by atomic mass is 10.2. The van der Waals surface area contributed by atoms with Gasteiger partial charge in [0.05, 0.1) is 42.5 Å². The van der Waals surface area contributed by atoms with E-state index in [1.54, 1.807) is 22.8 Å². The predicted molar refractivity (Wildman–Crippen MR) is 120 cm³/mol. The van der Waals surface area contributed by atoms with Gasteiger partial charge in [-0.05, 0) is 35.7 Å². The highest BCUT2D eigenvalue weighted by molar-refractivity contribution is 7.13. The standard InChI is InChI=1S/C20H13Cl2N5OS/c1-27-17-13(24-20(27)25-16-10(21)4-2-5-11(16)22)8-7-12-15(17)19(28)26-18(23-12)14-6-3-9-29-14/h2-9H,1H3,(H,24,25)(H,23,26,28). The zero-order valence-electron chi connectivity index (χ0n) is 15.0. The first-order valence-electron chi connectivity index (χ1n) is 8.67. The SMILES string of the molecule is Cn1c(Nc2c(Cl)cccc2Cl)nc2ccc3nc(-c4cccs4)[nH]c(=O)c3c21. The molecular weight excluding hydrogens is 429 g/mol. The highest BCUT2D eigenvalue weighted by Crippen LogP contribution is 2.34. The van der Waals surface area contributed by atoms with Crippen molar-refractivity contribution in [2.45, 2.75) is 0 Å². The van der Waals surface area contributed by atoms with Crippen LogP contribution < -0.4 is 10.9 Å². The largest absolute Gasteiger partial charge is 0.323 e. The minimum atomic E-state index is -0.214. The summed E-state index contributed by atoms with van der Waals surface area (Å²) in [6.07, 6.45) is 0. The van der Waals surface area contributed by atoms with Crippen molar-refractivity contribution in [2.24, 2.45) is 7.05 Å². The molecule has 3 heterocycles. The highest BCUT2D eigenvalue weighted by atomic mass is 35.5. The number of imidazole rings is 1. The van der Waals surface area contributed by atoms with Gasteiger partial charge in [-0.15, -0.1) is 11.3 Å². The molecule has 3 aromatic heterocycles. The van der Waals surface area contributed by atoms with Crippen molar-refractivity contribution in [2.75, 3.05) is 5.32 Å². The minimum absolute atomic E-state index is 0.214. The Morgan fingerprint density at radius 3 is 2.52 bits per heavy atom. The lowest BCUT2D eigenvalue weighted by molar-refractivity contribution is 0.960. The molecule has 0 saturated carbocycles. The third-order valence-corrected chi connectivity index (χ3v) is 6.17. The van der Waals surface area contributed by atoms with Crippen LogP contribution in [0.4, 0.5) is 11.6 Å². The monoisotopic (exact) mass is 441 g/mol. The maximum absolute atomic E-state index is 12.9. The van der Waals surface area contributed by atoms with E-state index < -0.39 is 0 Å². The van der Waals surface area contributed by atoms with E-state index in [2.05, 4.69) is 20.3 Å². The Balaban J connectivity index is 1.71. The Kier molecular flexibility index (Phi) is 4.31. The summed E-state index contributed by atoms with van der Waals surface area (Å²) >= 11 is 14.1. The van der Waals surface area contributed by atoms with Gasteiger partial charge in [0.2, 0.25) is 5.95 Å². The number of thiophene rings is 1. The molecule has 29 heavy (non-hydrogen) atoms. The van der Waals surface area contributed by atoms with Gasteiger partial charge in [0.1, 0.15) is 0 Å². The lowest BCUT2D eigenvalue weighted by Crippen LogP contribution is -2.11. The molecule has 0 radical (unpaired) electrons. The lowest BCUT2D eigenvalue weighted by Gasteiger charge is -2.10. The topological polar surface area (TPSA) is 75.6 Å². The van der Waals surface area contributed by atoms with Crippen LogP contribution in [0.1, 0.15) is 0 Å². The van der Waals surface area contributed by atoms with Crippen LogP contribution in [0, 0.1) is 0 Å². The number of aromatic amines is 1. The van der Waals surface area contributed by atoms with Gasteiger partial charge in [0, 0.05) is 7.05 Å². The Hall–Kier alpha value is -2.87. The first kappa shape index (κ1) is 18.2. The van der Waals surface area contributed by atoms with E-state index in [-0.39, 0.29) is 5.56 Å². The van der Waals surface area contributed by atoms with Gasteiger partial charge in [-0.2, -0.15) is 0 Å². The number of aromatic nitrogens is 4. The fourth-order valence-corrected chi connectivity index (χ4v) is 4.46. The number of halogens is 2. The fraction of sp³-hybridized carbons (Fsp3) is 0.0500. The number of para-hydroxylation sites is 1. The summed E-state index contributed by atoms with van der Waals surface area (Å²) in [5.74, 6) is 1.07. The first-order valence-corrected chi connectivity index (χ1v) is 10.3. The average molecular weight is 442 g/mol. The van der Waals surface area contributed by atoms with Crippen molar-refractivity contribution in [3.63, 3.8) is 0 Å². The molecule has 5 aromatic rings.